The monoisotopic (exact) mass is 852 g/mol. The molecule has 4 heterocycles. The minimum absolute atomic E-state index is 0.00867. The summed E-state index contributed by atoms with van der Waals surface area (Å²) in [6.45, 7) is 3.26. The highest BCUT2D eigenvalue weighted by Crippen LogP contribution is 2.32. The first-order valence-electron chi connectivity index (χ1n) is 20.8. The number of esters is 1. The van der Waals surface area contributed by atoms with Gasteiger partial charge in [-0.3, -0.25) is 14.4 Å². The molecule has 16 heteroatoms. The number of nitrogens with one attached hydrogen (secondary N) is 2. The van der Waals surface area contributed by atoms with Crippen LogP contribution in [0.25, 0.3) is 27.8 Å². The van der Waals surface area contributed by atoms with Crippen LogP contribution in [0.2, 0.25) is 0 Å². The summed E-state index contributed by atoms with van der Waals surface area (Å²) in [4.78, 5) is 50.8. The number of aliphatic hydroxyl groups is 3. The van der Waals surface area contributed by atoms with E-state index >= 15 is 0 Å². The number of carbonyl (C=O) groups is 2. The van der Waals surface area contributed by atoms with E-state index in [1.54, 1.807) is 18.3 Å². The number of aryl methyl sites for hydroxylation is 2. The predicted octanol–water partition coefficient (Wildman–Crippen LogP) is 2.71. The summed E-state index contributed by atoms with van der Waals surface area (Å²) in [5.74, 6) is -4.04. The molecule has 8 atom stereocenters. The number of aromatic hydroxyl groups is 1. The number of aliphatic imine (C=N–C) groups is 1. The number of rotatable bonds is 15. The summed E-state index contributed by atoms with van der Waals surface area (Å²) in [5, 5.41) is 56.9. The third-order valence-corrected chi connectivity index (χ3v) is 11.8. The lowest BCUT2D eigenvalue weighted by atomic mass is 9.95. The van der Waals surface area contributed by atoms with Crippen molar-refractivity contribution in [1.82, 2.24) is 5.32 Å². The van der Waals surface area contributed by atoms with Gasteiger partial charge in [0.15, 0.2) is 17.0 Å². The quantitative estimate of drug-likeness (QED) is 0.0674. The average Bonchev–Trinajstić information content (AvgIpc) is 3.99. The van der Waals surface area contributed by atoms with Crippen LogP contribution < -0.4 is 20.5 Å². The maximum absolute atomic E-state index is 13.6. The summed E-state index contributed by atoms with van der Waals surface area (Å²) in [6, 6.07) is 15.7. The first kappa shape index (κ1) is 42.9. The number of allylic oxidation sites excluding steroid dienone is 1. The molecule has 3 aliphatic heterocycles. The lowest BCUT2D eigenvalue weighted by Gasteiger charge is -2.41. The van der Waals surface area contributed by atoms with E-state index in [0.717, 1.165) is 47.9 Å². The number of carbonyl (C=O) groups excluding carboxylic acids is 1. The zero-order chi connectivity index (χ0) is 43.7. The minimum Gasteiger partial charge on any atom is -0.508 e. The Bertz CT molecular complexity index is 2450. The molecule has 1 saturated carbocycles. The normalized spacial score (nSPS) is 24.6. The highest BCUT2D eigenvalue weighted by Gasteiger charge is 2.52. The summed E-state index contributed by atoms with van der Waals surface area (Å²) in [6.07, 6.45) is 0.754. The summed E-state index contributed by atoms with van der Waals surface area (Å²) in [7, 11) is 0. The molecule has 7 N–H and O–H groups in total. The third-order valence-electron chi connectivity index (χ3n) is 11.8. The van der Waals surface area contributed by atoms with E-state index in [2.05, 4.69) is 10.3 Å². The lowest BCUT2D eigenvalue weighted by Crippen LogP contribution is -3.08. The van der Waals surface area contributed by atoms with Gasteiger partial charge in [0.05, 0.1) is 10.9 Å². The van der Waals surface area contributed by atoms with Crippen LogP contribution in [0.1, 0.15) is 48.8 Å². The number of phenols is 1. The second-order valence-corrected chi connectivity index (χ2v) is 16.3. The number of carboxylic acids is 1. The second kappa shape index (κ2) is 18.3. The van der Waals surface area contributed by atoms with E-state index in [9.17, 15) is 39.9 Å². The number of carboxylic acid groups (broad SMARTS) is 1. The number of hydrogen-bond donors (Lipinski definition) is 7. The molecule has 8 unspecified atom stereocenters. The van der Waals surface area contributed by atoms with Crippen molar-refractivity contribution < 1.29 is 63.7 Å². The molecule has 2 fully saturated rings. The van der Waals surface area contributed by atoms with Gasteiger partial charge in [-0.05, 0) is 81.1 Å². The fourth-order valence-electron chi connectivity index (χ4n) is 8.80. The fourth-order valence-corrected chi connectivity index (χ4v) is 8.80. The van der Waals surface area contributed by atoms with Gasteiger partial charge in [-0.2, -0.15) is 9.90 Å². The Morgan fingerprint density at radius 1 is 0.984 bits per heavy atom. The van der Waals surface area contributed by atoms with Gasteiger partial charge in [0.1, 0.15) is 60.5 Å². The first-order chi connectivity index (χ1) is 29.9. The number of hydroxylamine groups is 2. The Hall–Kier alpha value is -5.72. The standard InChI is InChI=1S/C46H49N3O13/c1-24-17-25(2)19-28(18-24)39-38-27(13-15-47-38)21-49(39)62-43-42(54)41(53)36(23-59-45(57)37(44(55)56)34(14-16-50)48-29-5-3-4-6-29)61-46(43)60-31-11-12-32-35(20-31)58-22-33(40(32)52)26-7-9-30(51)10-8-26/h7-13,15,17-20,22,29,34,36-37,41-43,46,48,50-51,53-54H,3-6,14,16,21,23H2,1-2H3,(H,55,56)/p+1. The number of phenolic OH excluding ortho intramolecular Hbond substituents is 1. The van der Waals surface area contributed by atoms with Gasteiger partial charge < -0.3 is 49.5 Å². The number of benzene rings is 3. The Balaban J connectivity index is 1.08. The van der Waals surface area contributed by atoms with E-state index in [1.807, 2.05) is 38.1 Å². The van der Waals surface area contributed by atoms with Crippen LogP contribution in [0.4, 0.5) is 0 Å². The van der Waals surface area contributed by atoms with Crippen LogP contribution >= 0.6 is 0 Å². The van der Waals surface area contributed by atoms with Crippen LogP contribution in [0.15, 0.2) is 98.5 Å². The number of quaternary nitrogens is 1. The van der Waals surface area contributed by atoms with Gasteiger partial charge in [0, 0.05) is 42.1 Å². The Morgan fingerprint density at radius 2 is 1.73 bits per heavy atom. The molecule has 62 heavy (non-hydrogen) atoms. The predicted molar refractivity (Wildman–Crippen MR) is 224 cm³/mol. The SMILES string of the molecule is Cc1cc(C)cc(C2=C3N=CC=C3C[NH+]2OC2C(Oc3ccc4c(=O)c(-c5ccc(O)cc5)coc4c3)OC(COC(=O)C(C(=O)O)C(CCO)NC3CCCC3)C(O)C2O)c1. The summed E-state index contributed by atoms with van der Waals surface area (Å²) < 4.78 is 24.0. The van der Waals surface area contributed by atoms with Crippen molar-refractivity contribution in [2.75, 3.05) is 19.8 Å². The molecule has 3 aromatic carbocycles. The minimum atomic E-state index is -1.70. The topological polar surface area (TPSA) is 231 Å². The maximum atomic E-state index is 13.6. The molecule has 8 rings (SSSR count). The molecule has 0 spiro atoms. The van der Waals surface area contributed by atoms with Gasteiger partial charge >= 0.3 is 11.9 Å². The fraction of sp³-hybridized carbons (Fsp3) is 0.391. The molecule has 4 aliphatic rings. The first-order valence-corrected chi connectivity index (χ1v) is 20.8. The highest BCUT2D eigenvalue weighted by molar-refractivity contribution is 5.95. The second-order valence-electron chi connectivity index (χ2n) is 16.3. The largest absolute Gasteiger partial charge is 0.508 e. The molecular weight excluding hydrogens is 803 g/mol. The number of aliphatic hydroxyl groups excluding tert-OH is 3. The van der Waals surface area contributed by atoms with Gasteiger partial charge in [-0.1, -0.05) is 42.2 Å². The number of aliphatic carboxylic acids is 1. The molecular formula is C46H50N3O13+. The molecule has 326 valence electrons. The molecule has 4 aromatic rings. The highest BCUT2D eigenvalue weighted by atomic mass is 16.8. The van der Waals surface area contributed by atoms with Gasteiger partial charge in [0.25, 0.3) is 0 Å². The zero-order valence-electron chi connectivity index (χ0n) is 34.2. The van der Waals surface area contributed by atoms with Crippen LogP contribution in [-0.2, 0) is 23.9 Å². The molecule has 0 amide bonds. The Kier molecular flexibility index (Phi) is 12.7. The van der Waals surface area contributed by atoms with Crippen LogP contribution in [0.5, 0.6) is 11.5 Å². The molecule has 1 saturated heterocycles. The van der Waals surface area contributed by atoms with Gasteiger partial charge in [0.2, 0.25) is 12.4 Å². The van der Waals surface area contributed by atoms with E-state index in [1.165, 1.54) is 36.6 Å². The smallest absolute Gasteiger partial charge is 0.322 e. The van der Waals surface area contributed by atoms with Crippen molar-refractivity contribution in [3.63, 3.8) is 0 Å². The summed E-state index contributed by atoms with van der Waals surface area (Å²) >= 11 is 0. The number of nitrogens with zero attached hydrogens (tertiary/aromatic N) is 1. The molecule has 1 aliphatic carbocycles. The van der Waals surface area contributed by atoms with E-state index < -0.39 is 61.2 Å². The van der Waals surface area contributed by atoms with Crippen LogP contribution in [0, 0.1) is 19.8 Å². The zero-order valence-corrected chi connectivity index (χ0v) is 34.2. The van der Waals surface area contributed by atoms with Crippen molar-refractivity contribution in [2.24, 2.45) is 10.9 Å². The number of ether oxygens (including phenoxy) is 3. The van der Waals surface area contributed by atoms with E-state index in [0.29, 0.717) is 28.6 Å². The third kappa shape index (κ3) is 8.94. The van der Waals surface area contributed by atoms with E-state index in [-0.39, 0.29) is 52.5 Å². The molecule has 1 aromatic heterocycles. The van der Waals surface area contributed by atoms with Crippen molar-refractivity contribution in [1.29, 1.82) is 0 Å². The van der Waals surface area contributed by atoms with Crippen molar-refractivity contribution in [3.05, 3.63) is 111 Å². The Labute approximate surface area is 356 Å². The lowest BCUT2D eigenvalue weighted by molar-refractivity contribution is -1.04. The van der Waals surface area contributed by atoms with Crippen LogP contribution in [-0.4, -0.2) is 106 Å². The molecule has 16 nitrogen and oxygen atoms in total. The summed E-state index contributed by atoms with van der Waals surface area (Å²) in [5.41, 5.74) is 5.85. The van der Waals surface area contributed by atoms with Crippen LogP contribution in [0.3, 0.4) is 0 Å². The van der Waals surface area contributed by atoms with Crippen molar-refractivity contribution >= 4 is 34.8 Å². The van der Waals surface area contributed by atoms with Crippen molar-refractivity contribution in [2.45, 2.75) is 88.7 Å². The van der Waals surface area contributed by atoms with Gasteiger partial charge in [-0.25, -0.2) is 4.99 Å². The Morgan fingerprint density at radius 3 is 2.44 bits per heavy atom. The number of fused-ring (bicyclic) bond motifs is 2. The number of hydrogen-bond acceptors (Lipinski definition) is 14. The maximum Gasteiger partial charge on any atom is 0.322 e. The van der Waals surface area contributed by atoms with Gasteiger partial charge in [-0.15, -0.1) is 0 Å². The molecule has 0 bridgehead atoms. The average molecular weight is 853 g/mol. The van der Waals surface area contributed by atoms with E-state index in [4.69, 9.17) is 23.5 Å². The molecule has 0 radical (unpaired) electrons. The van der Waals surface area contributed by atoms with Crippen molar-refractivity contribution in [3.8, 4) is 22.6 Å².